The quantitative estimate of drug-likeness (QED) is 0.285. The molecule has 4 amide bonds. The number of carbonyl (C=O) groups is 4. The van der Waals surface area contributed by atoms with Gasteiger partial charge in [0.1, 0.15) is 5.82 Å². The lowest BCUT2D eigenvalue weighted by atomic mass is 9.84. The number of nitrogen functional groups attached to an aromatic ring is 1. The second-order valence-corrected chi connectivity index (χ2v) is 12.1. The van der Waals surface area contributed by atoms with Gasteiger partial charge in [-0.3, -0.25) is 19.2 Å². The number of halogens is 1. The highest BCUT2D eigenvalue weighted by Gasteiger charge is 2.26. The molecule has 5 rings (SSSR count). The molecule has 11 nitrogen and oxygen atoms in total. The summed E-state index contributed by atoms with van der Waals surface area (Å²) in [5.41, 5.74) is 11.7. The number of hydrogen-bond donors (Lipinski definition) is 2. The topological polar surface area (TPSA) is 144 Å². The summed E-state index contributed by atoms with van der Waals surface area (Å²) < 4.78 is 15.3. The van der Waals surface area contributed by atoms with Gasteiger partial charge in [0.05, 0.1) is 16.8 Å². The maximum Gasteiger partial charge on any atom is 0.256 e. The fourth-order valence-corrected chi connectivity index (χ4v) is 5.90. The van der Waals surface area contributed by atoms with Gasteiger partial charge < -0.3 is 30.7 Å². The minimum atomic E-state index is -0.578. The van der Waals surface area contributed by atoms with Crippen LogP contribution >= 0.6 is 0 Å². The van der Waals surface area contributed by atoms with E-state index in [4.69, 9.17) is 16.1 Å². The molecule has 12 heteroatoms. The van der Waals surface area contributed by atoms with E-state index in [9.17, 15) is 19.2 Å². The first-order valence-electron chi connectivity index (χ1n) is 16.9. The molecular weight excluding hydrogens is 625 g/mol. The molecule has 49 heavy (non-hydrogen) atoms. The number of nitrogens with zero attached hydrogens (tertiary/aromatic N) is 5. The minimum Gasteiger partial charge on any atom is -0.398 e. The highest BCUT2D eigenvalue weighted by Crippen LogP contribution is 2.38. The molecule has 3 N–H and O–H groups in total. The van der Waals surface area contributed by atoms with Gasteiger partial charge in [-0.25, -0.2) is 9.37 Å². The summed E-state index contributed by atoms with van der Waals surface area (Å²) in [4.78, 5) is 57.4. The van der Waals surface area contributed by atoms with Gasteiger partial charge in [-0.05, 0) is 61.1 Å². The number of anilines is 1. The first-order valence-corrected chi connectivity index (χ1v) is 16.9. The fraction of sp³-hybridized carbons (Fsp3) is 0.459. The molecule has 1 aliphatic carbocycles. The van der Waals surface area contributed by atoms with Crippen LogP contribution in [0, 0.1) is 11.2 Å². The van der Waals surface area contributed by atoms with Crippen LogP contribution in [0.4, 0.5) is 10.1 Å². The number of carbonyl (C=O) groups excluding carboxylic acids is 4. The first-order chi connectivity index (χ1) is 23.3. The predicted molar refractivity (Wildman–Crippen MR) is 192 cm³/mol. The maximum absolute atomic E-state index is 15.3. The molecule has 1 aromatic heterocycles. The SMILES string of the molecule is CC.CC(=O)N(C)CCN(C)C(C)=O.CC(=O)N1CCN(C(=O)c2ccc(-c3nc4ccc(N)c(C=N)c4c4c3CCCC4)cc2F)CC1. The second kappa shape index (κ2) is 17.5. The van der Waals surface area contributed by atoms with Crippen LogP contribution in [0.25, 0.3) is 22.2 Å². The number of benzene rings is 2. The number of nitrogens with two attached hydrogens (primary N) is 1. The Balaban J connectivity index is 0.000000396. The number of nitrogens with one attached hydrogen (secondary N) is 1. The zero-order chi connectivity index (χ0) is 36.4. The standard InChI is InChI=1S/C27H28FN5O2.C8H16N2O2.C2H6/c1-16(34)32-10-12-33(13-11-32)27(35)20-7-6-17(14-22(20)28)26-19-5-3-2-4-18(19)25-21(15-29)23(30)8-9-24(25)31-26;1-7(11)9(3)5-6-10(4)8(2)12;1-2/h6-9,14-15,29H,2-5,10-13,30H2,1H3;5-6H2,1-4H3;1-2H3. The van der Waals surface area contributed by atoms with Crippen molar-refractivity contribution in [3.05, 3.63) is 58.4 Å². The van der Waals surface area contributed by atoms with Crippen molar-refractivity contribution in [3.63, 3.8) is 0 Å². The van der Waals surface area contributed by atoms with E-state index in [0.717, 1.165) is 53.4 Å². The number of piperazine rings is 1. The van der Waals surface area contributed by atoms with Gasteiger partial charge in [-0.2, -0.15) is 0 Å². The average Bonchev–Trinajstić information content (AvgIpc) is 3.10. The van der Waals surface area contributed by atoms with Crippen molar-refractivity contribution in [1.82, 2.24) is 24.6 Å². The van der Waals surface area contributed by atoms with E-state index < -0.39 is 5.82 Å². The Hall–Kier alpha value is -4.87. The van der Waals surface area contributed by atoms with Crippen molar-refractivity contribution in [2.75, 3.05) is 59.1 Å². The largest absolute Gasteiger partial charge is 0.398 e. The molecule has 0 radical (unpaired) electrons. The van der Waals surface area contributed by atoms with Gasteiger partial charge in [0.25, 0.3) is 5.91 Å². The summed E-state index contributed by atoms with van der Waals surface area (Å²) >= 11 is 0. The minimum absolute atomic E-state index is 0.0192. The lowest BCUT2D eigenvalue weighted by molar-refractivity contribution is -0.131. The Bertz CT molecular complexity index is 1680. The van der Waals surface area contributed by atoms with Crippen molar-refractivity contribution in [3.8, 4) is 11.3 Å². The van der Waals surface area contributed by atoms with Crippen molar-refractivity contribution < 1.29 is 23.6 Å². The molecular formula is C37H50FN7O4. The predicted octanol–water partition coefficient (Wildman–Crippen LogP) is 4.77. The fourth-order valence-electron chi connectivity index (χ4n) is 5.90. The Kier molecular flexibility index (Phi) is 13.8. The van der Waals surface area contributed by atoms with Gasteiger partial charge >= 0.3 is 0 Å². The molecule has 1 fully saturated rings. The maximum atomic E-state index is 15.3. The Morgan fingerprint density at radius 3 is 1.94 bits per heavy atom. The molecule has 0 unspecified atom stereocenters. The molecule has 0 saturated carbocycles. The van der Waals surface area contributed by atoms with Gasteiger partial charge in [0.15, 0.2) is 0 Å². The van der Waals surface area contributed by atoms with E-state index in [0.29, 0.717) is 56.1 Å². The Labute approximate surface area is 288 Å². The molecule has 3 aromatic rings. The lowest BCUT2D eigenvalue weighted by Gasteiger charge is -2.34. The molecule has 1 aliphatic heterocycles. The molecule has 0 bridgehead atoms. The van der Waals surface area contributed by atoms with Crippen LogP contribution in [0.3, 0.4) is 0 Å². The van der Waals surface area contributed by atoms with Crippen LogP contribution < -0.4 is 5.73 Å². The van der Waals surface area contributed by atoms with Crippen LogP contribution in [-0.2, 0) is 27.2 Å². The summed E-state index contributed by atoms with van der Waals surface area (Å²) in [7, 11) is 3.44. The van der Waals surface area contributed by atoms with Crippen LogP contribution in [0.15, 0.2) is 30.3 Å². The van der Waals surface area contributed by atoms with Crippen molar-refractivity contribution in [1.29, 1.82) is 5.41 Å². The lowest BCUT2D eigenvalue weighted by Crippen LogP contribution is -2.50. The zero-order valence-corrected chi connectivity index (χ0v) is 29.9. The summed E-state index contributed by atoms with van der Waals surface area (Å²) in [5.74, 6) is -0.921. The van der Waals surface area contributed by atoms with Crippen molar-refractivity contribution in [2.24, 2.45) is 0 Å². The average molecular weight is 676 g/mol. The van der Waals surface area contributed by atoms with E-state index >= 15 is 4.39 Å². The second-order valence-electron chi connectivity index (χ2n) is 12.1. The molecule has 2 aliphatic rings. The number of likely N-dealkylation sites (N-methyl/N-ethyl adjacent to an activating group) is 2. The van der Waals surface area contributed by atoms with Crippen LogP contribution in [-0.4, -0.2) is 108 Å². The third-order valence-electron chi connectivity index (χ3n) is 9.02. The summed E-state index contributed by atoms with van der Waals surface area (Å²) in [5, 5.41) is 8.78. The molecule has 2 aromatic carbocycles. The monoisotopic (exact) mass is 675 g/mol. The number of amides is 4. The van der Waals surface area contributed by atoms with Gasteiger partial charge in [0.2, 0.25) is 17.7 Å². The Morgan fingerprint density at radius 1 is 0.878 bits per heavy atom. The van der Waals surface area contributed by atoms with E-state index in [1.807, 2.05) is 19.9 Å². The third kappa shape index (κ3) is 9.18. The summed E-state index contributed by atoms with van der Waals surface area (Å²) in [6.45, 7) is 11.4. The van der Waals surface area contributed by atoms with Crippen LogP contribution in [0.5, 0.6) is 0 Å². The highest BCUT2D eigenvalue weighted by atomic mass is 19.1. The molecule has 264 valence electrons. The van der Waals surface area contributed by atoms with Gasteiger partial charge in [0, 0.05) is 103 Å². The molecule has 2 heterocycles. The molecule has 1 saturated heterocycles. The van der Waals surface area contributed by atoms with Gasteiger partial charge in [-0.1, -0.05) is 19.9 Å². The number of aryl methyl sites for hydroxylation is 1. The Morgan fingerprint density at radius 2 is 1.43 bits per heavy atom. The molecule has 0 spiro atoms. The van der Waals surface area contributed by atoms with E-state index in [1.165, 1.54) is 39.1 Å². The van der Waals surface area contributed by atoms with Gasteiger partial charge in [-0.15, -0.1) is 0 Å². The van der Waals surface area contributed by atoms with E-state index in [-0.39, 0.29) is 29.2 Å². The number of aromatic nitrogens is 1. The number of fused-ring (bicyclic) bond motifs is 3. The third-order valence-corrected chi connectivity index (χ3v) is 9.02. The van der Waals surface area contributed by atoms with Crippen molar-refractivity contribution in [2.45, 2.75) is 60.3 Å². The number of hydrogen-bond acceptors (Lipinski definition) is 7. The zero-order valence-electron chi connectivity index (χ0n) is 29.9. The van der Waals surface area contributed by atoms with E-state index in [2.05, 4.69) is 0 Å². The molecule has 0 atom stereocenters. The van der Waals surface area contributed by atoms with Crippen LogP contribution in [0.2, 0.25) is 0 Å². The van der Waals surface area contributed by atoms with Crippen LogP contribution in [0.1, 0.15) is 74.5 Å². The van der Waals surface area contributed by atoms with E-state index in [1.54, 1.807) is 45.8 Å². The van der Waals surface area contributed by atoms with Crippen molar-refractivity contribution >= 4 is 46.4 Å². The smallest absolute Gasteiger partial charge is 0.256 e. The normalized spacial score (nSPS) is 13.6. The summed E-state index contributed by atoms with van der Waals surface area (Å²) in [6, 6.07) is 8.31. The first kappa shape index (κ1) is 38.6. The number of pyridine rings is 1. The number of rotatable bonds is 6. The summed E-state index contributed by atoms with van der Waals surface area (Å²) in [6.07, 6.45) is 5.01. The highest BCUT2D eigenvalue weighted by molar-refractivity contribution is 6.05.